The molecule has 1 atom stereocenters. The maximum absolute atomic E-state index is 14.7. The molecule has 2 aromatic carbocycles. The van der Waals surface area contributed by atoms with Crippen molar-refractivity contribution in [3.63, 3.8) is 0 Å². The zero-order chi connectivity index (χ0) is 25.1. The van der Waals surface area contributed by atoms with Gasteiger partial charge in [-0.05, 0) is 74.5 Å². The molecule has 1 aromatic heterocycles. The number of hydrogen-bond acceptors (Lipinski definition) is 6. The fourth-order valence-corrected chi connectivity index (χ4v) is 5.33. The second-order valence-corrected chi connectivity index (χ2v) is 10.0. The highest BCUT2D eigenvalue weighted by molar-refractivity contribution is 6.30. The van der Waals surface area contributed by atoms with E-state index in [4.69, 9.17) is 16.6 Å². The Morgan fingerprint density at radius 3 is 2.50 bits per heavy atom. The molecule has 0 radical (unpaired) electrons. The first kappa shape index (κ1) is 24.9. The van der Waals surface area contributed by atoms with Crippen LogP contribution in [-0.2, 0) is 0 Å². The summed E-state index contributed by atoms with van der Waals surface area (Å²) in [6.07, 6.45) is 5.82. The van der Waals surface area contributed by atoms with Gasteiger partial charge in [0.1, 0.15) is 17.5 Å². The van der Waals surface area contributed by atoms with Crippen molar-refractivity contribution in [2.24, 2.45) is 5.92 Å². The second kappa shape index (κ2) is 11.1. The predicted octanol–water partition coefficient (Wildman–Crippen LogP) is 5.49. The molecule has 0 aliphatic carbocycles. The van der Waals surface area contributed by atoms with E-state index in [2.05, 4.69) is 20.1 Å². The van der Waals surface area contributed by atoms with Gasteiger partial charge in [0.2, 0.25) is 5.95 Å². The van der Waals surface area contributed by atoms with Gasteiger partial charge in [0.15, 0.2) is 0 Å². The lowest BCUT2D eigenvalue weighted by Gasteiger charge is -2.42. The number of hydrogen-bond donors (Lipinski definition) is 2. The van der Waals surface area contributed by atoms with Crippen LogP contribution in [-0.4, -0.2) is 58.8 Å². The van der Waals surface area contributed by atoms with Crippen molar-refractivity contribution >= 4 is 29.1 Å². The number of halogens is 3. The standard InChI is InChI=1S/C27H30ClF2N5O/c28-19-3-6-21(7-4-19)32-26-24(23-8-5-20(29)14-25(23)30)15-31-27(33-26)34-12-9-22(10-13-34)35-11-1-2-18(16-35)17-36/h3-8,14-15,18,22,36H,1-2,9-13,16-17H2,(H,31,32,33). The molecule has 2 saturated heterocycles. The molecular weight excluding hydrogens is 484 g/mol. The lowest BCUT2D eigenvalue weighted by molar-refractivity contribution is 0.0776. The maximum atomic E-state index is 14.7. The molecular formula is C27H30ClF2N5O. The molecule has 9 heteroatoms. The van der Waals surface area contributed by atoms with E-state index < -0.39 is 11.6 Å². The molecule has 3 aromatic rings. The third kappa shape index (κ3) is 5.61. The molecule has 36 heavy (non-hydrogen) atoms. The van der Waals surface area contributed by atoms with Crippen LogP contribution in [0.3, 0.4) is 0 Å². The highest BCUT2D eigenvalue weighted by Gasteiger charge is 2.29. The Kier molecular flexibility index (Phi) is 7.65. The average molecular weight is 514 g/mol. The third-order valence-electron chi connectivity index (χ3n) is 7.18. The summed E-state index contributed by atoms with van der Waals surface area (Å²) in [6, 6.07) is 11.1. The second-order valence-electron chi connectivity index (χ2n) is 9.59. The van der Waals surface area contributed by atoms with Gasteiger partial charge in [-0.15, -0.1) is 0 Å². The number of likely N-dealkylation sites (tertiary alicyclic amines) is 1. The van der Waals surface area contributed by atoms with Gasteiger partial charge in [-0.1, -0.05) is 11.6 Å². The van der Waals surface area contributed by atoms with Crippen LogP contribution in [0.4, 0.5) is 26.2 Å². The summed E-state index contributed by atoms with van der Waals surface area (Å²) < 4.78 is 28.2. The van der Waals surface area contributed by atoms with Gasteiger partial charge in [0.25, 0.3) is 0 Å². The summed E-state index contributed by atoms with van der Waals surface area (Å²) in [5, 5.41) is 13.4. The molecule has 0 bridgehead atoms. The predicted molar refractivity (Wildman–Crippen MR) is 139 cm³/mol. The summed E-state index contributed by atoms with van der Waals surface area (Å²) in [7, 11) is 0. The number of benzene rings is 2. The van der Waals surface area contributed by atoms with Crippen molar-refractivity contribution in [3.8, 4) is 11.1 Å². The van der Waals surface area contributed by atoms with Gasteiger partial charge in [0.05, 0.1) is 0 Å². The van der Waals surface area contributed by atoms with Gasteiger partial charge in [-0.3, -0.25) is 4.90 Å². The molecule has 2 N–H and O–H groups in total. The molecule has 2 aliphatic heterocycles. The highest BCUT2D eigenvalue weighted by atomic mass is 35.5. The molecule has 5 rings (SSSR count). The number of piperidine rings is 2. The number of anilines is 3. The fourth-order valence-electron chi connectivity index (χ4n) is 5.20. The lowest BCUT2D eigenvalue weighted by atomic mass is 9.94. The Bertz CT molecular complexity index is 1190. The molecule has 6 nitrogen and oxygen atoms in total. The van der Waals surface area contributed by atoms with Crippen LogP contribution in [0, 0.1) is 17.6 Å². The SMILES string of the molecule is OCC1CCCN(C2CCN(c3ncc(-c4ccc(F)cc4F)c(Nc4ccc(Cl)cc4)n3)CC2)C1. The van der Waals surface area contributed by atoms with E-state index in [0.29, 0.717) is 34.3 Å². The molecule has 3 heterocycles. The smallest absolute Gasteiger partial charge is 0.227 e. The van der Waals surface area contributed by atoms with Gasteiger partial charge < -0.3 is 15.3 Å². The molecule has 0 saturated carbocycles. The summed E-state index contributed by atoms with van der Waals surface area (Å²) in [5.74, 6) is 0.0813. The van der Waals surface area contributed by atoms with E-state index in [1.807, 2.05) is 12.1 Å². The molecule has 0 amide bonds. The lowest BCUT2D eigenvalue weighted by Crippen LogP contribution is -2.49. The van der Waals surface area contributed by atoms with Crippen molar-refractivity contribution in [3.05, 3.63) is 65.3 Å². The molecule has 2 aliphatic rings. The molecule has 190 valence electrons. The normalized spacial score (nSPS) is 19.4. The largest absolute Gasteiger partial charge is 0.396 e. The van der Waals surface area contributed by atoms with Gasteiger partial charge >= 0.3 is 0 Å². The van der Waals surface area contributed by atoms with Crippen LogP contribution < -0.4 is 10.2 Å². The third-order valence-corrected chi connectivity index (χ3v) is 7.43. The van der Waals surface area contributed by atoms with E-state index >= 15 is 0 Å². The van der Waals surface area contributed by atoms with E-state index in [9.17, 15) is 13.9 Å². The quantitative estimate of drug-likeness (QED) is 0.454. The number of aliphatic hydroxyl groups excluding tert-OH is 1. The maximum Gasteiger partial charge on any atom is 0.227 e. The Hall–Kier alpha value is -2.81. The number of nitrogens with zero attached hydrogens (tertiary/aromatic N) is 4. The summed E-state index contributed by atoms with van der Waals surface area (Å²) in [5.41, 5.74) is 1.42. The highest BCUT2D eigenvalue weighted by Crippen LogP contribution is 2.33. The number of nitrogens with one attached hydrogen (secondary N) is 1. The van der Waals surface area contributed by atoms with Gasteiger partial charge in [0, 0.05) is 66.4 Å². The van der Waals surface area contributed by atoms with Crippen molar-refractivity contribution in [1.29, 1.82) is 0 Å². The average Bonchev–Trinajstić information content (AvgIpc) is 2.90. The number of rotatable bonds is 6. The summed E-state index contributed by atoms with van der Waals surface area (Å²) >= 11 is 6.03. The minimum absolute atomic E-state index is 0.224. The van der Waals surface area contributed by atoms with Crippen LogP contribution in [0.25, 0.3) is 11.1 Å². The van der Waals surface area contributed by atoms with E-state index in [-0.39, 0.29) is 12.2 Å². The van der Waals surface area contributed by atoms with Crippen LogP contribution in [0.5, 0.6) is 0 Å². The van der Waals surface area contributed by atoms with Crippen molar-refractivity contribution in [2.45, 2.75) is 31.7 Å². The first-order valence-corrected chi connectivity index (χ1v) is 12.8. The van der Waals surface area contributed by atoms with Crippen LogP contribution >= 0.6 is 11.6 Å². The van der Waals surface area contributed by atoms with E-state index in [0.717, 1.165) is 63.6 Å². The van der Waals surface area contributed by atoms with Crippen molar-refractivity contribution in [1.82, 2.24) is 14.9 Å². The molecule has 0 spiro atoms. The van der Waals surface area contributed by atoms with Gasteiger partial charge in [-0.25, -0.2) is 13.8 Å². The molecule has 1 unspecified atom stereocenters. The van der Waals surface area contributed by atoms with Crippen LogP contribution in [0.1, 0.15) is 25.7 Å². The number of aliphatic hydroxyl groups is 1. The zero-order valence-corrected chi connectivity index (χ0v) is 20.8. The fraction of sp³-hybridized carbons (Fsp3) is 0.407. The first-order valence-electron chi connectivity index (χ1n) is 12.4. The Morgan fingerprint density at radius 1 is 1.00 bits per heavy atom. The summed E-state index contributed by atoms with van der Waals surface area (Å²) in [6.45, 7) is 3.94. The Labute approximate surface area is 214 Å². The van der Waals surface area contributed by atoms with Crippen molar-refractivity contribution < 1.29 is 13.9 Å². The number of aromatic nitrogens is 2. The summed E-state index contributed by atoms with van der Waals surface area (Å²) in [4.78, 5) is 14.0. The molecule has 2 fully saturated rings. The first-order chi connectivity index (χ1) is 17.5. The van der Waals surface area contributed by atoms with Crippen LogP contribution in [0.2, 0.25) is 5.02 Å². The van der Waals surface area contributed by atoms with Crippen LogP contribution in [0.15, 0.2) is 48.7 Å². The van der Waals surface area contributed by atoms with Crippen molar-refractivity contribution in [2.75, 3.05) is 43.0 Å². The topological polar surface area (TPSA) is 64.5 Å². The minimum atomic E-state index is -0.672. The monoisotopic (exact) mass is 513 g/mol. The minimum Gasteiger partial charge on any atom is -0.396 e. The van der Waals surface area contributed by atoms with E-state index in [1.54, 1.807) is 18.3 Å². The Morgan fingerprint density at radius 2 is 1.78 bits per heavy atom. The van der Waals surface area contributed by atoms with Gasteiger partial charge in [-0.2, -0.15) is 4.98 Å². The van der Waals surface area contributed by atoms with E-state index in [1.165, 1.54) is 12.1 Å². The Balaban J connectivity index is 1.37. The zero-order valence-electron chi connectivity index (χ0n) is 20.0.